The van der Waals surface area contributed by atoms with E-state index in [-0.39, 0.29) is 0 Å². The van der Waals surface area contributed by atoms with Gasteiger partial charge >= 0.3 is 0 Å². The Morgan fingerprint density at radius 3 is 2.83 bits per heavy atom. The minimum Gasteiger partial charge on any atom is -0.491 e. The fourth-order valence-electron chi connectivity index (χ4n) is 1.09. The molecule has 1 aromatic heterocycles. The first-order valence-corrected chi connectivity index (χ1v) is 3.97. The molecule has 0 unspecified atom stereocenters. The Morgan fingerprint density at radius 2 is 2.33 bits per heavy atom. The van der Waals surface area contributed by atoms with Gasteiger partial charge in [-0.15, -0.1) is 0 Å². The summed E-state index contributed by atoms with van der Waals surface area (Å²) in [5.74, 6) is 2.39. The number of nitrogens with two attached hydrogens (primary N) is 1. The zero-order valence-electron chi connectivity index (χ0n) is 6.95. The smallest absolute Gasteiger partial charge is 0.179 e. The van der Waals surface area contributed by atoms with Crippen LogP contribution in [0.2, 0.25) is 0 Å². The van der Waals surface area contributed by atoms with E-state index in [0.717, 1.165) is 5.82 Å². The van der Waals surface area contributed by atoms with Crippen LogP contribution < -0.4 is 10.5 Å². The average molecular weight is 165 g/mol. The van der Waals surface area contributed by atoms with E-state index in [1.165, 1.54) is 12.8 Å². The minimum absolute atomic E-state index is 0.439. The van der Waals surface area contributed by atoms with Crippen LogP contribution in [0.1, 0.15) is 24.6 Å². The van der Waals surface area contributed by atoms with Gasteiger partial charge in [-0.2, -0.15) is 0 Å². The van der Waals surface area contributed by atoms with Crippen molar-refractivity contribution >= 4 is 5.82 Å². The molecule has 0 atom stereocenters. The molecule has 0 amide bonds. The van der Waals surface area contributed by atoms with E-state index < -0.39 is 0 Å². The summed E-state index contributed by atoms with van der Waals surface area (Å²) in [6.45, 7) is 0. The van der Waals surface area contributed by atoms with Gasteiger partial charge in [-0.3, -0.25) is 0 Å². The molecule has 2 N–H and O–H groups in total. The molecule has 0 bridgehead atoms. The van der Waals surface area contributed by atoms with Crippen molar-refractivity contribution in [1.82, 2.24) is 9.97 Å². The summed E-state index contributed by atoms with van der Waals surface area (Å²) < 4.78 is 4.95. The van der Waals surface area contributed by atoms with E-state index in [1.54, 1.807) is 13.3 Å². The number of methoxy groups -OCH3 is 1. The predicted molar refractivity (Wildman–Crippen MR) is 45.0 cm³/mol. The molecule has 1 heterocycles. The second-order valence-electron chi connectivity index (χ2n) is 2.96. The fourth-order valence-corrected chi connectivity index (χ4v) is 1.09. The van der Waals surface area contributed by atoms with Gasteiger partial charge in [-0.25, -0.2) is 9.97 Å². The highest BCUT2D eigenvalue weighted by atomic mass is 16.5. The summed E-state index contributed by atoms with van der Waals surface area (Å²) in [5.41, 5.74) is 5.62. The third-order valence-corrected chi connectivity index (χ3v) is 1.96. The molecule has 1 aliphatic carbocycles. The van der Waals surface area contributed by atoms with Crippen molar-refractivity contribution in [2.75, 3.05) is 12.8 Å². The van der Waals surface area contributed by atoms with Crippen LogP contribution in [0.5, 0.6) is 5.75 Å². The van der Waals surface area contributed by atoms with Crippen LogP contribution in [0.3, 0.4) is 0 Å². The molecule has 12 heavy (non-hydrogen) atoms. The van der Waals surface area contributed by atoms with E-state index in [9.17, 15) is 0 Å². The van der Waals surface area contributed by atoms with Crippen molar-refractivity contribution in [2.24, 2.45) is 0 Å². The lowest BCUT2D eigenvalue weighted by Gasteiger charge is -2.03. The van der Waals surface area contributed by atoms with Crippen molar-refractivity contribution in [1.29, 1.82) is 0 Å². The number of aromatic nitrogens is 2. The summed E-state index contributed by atoms with van der Waals surface area (Å²) in [7, 11) is 1.56. The maximum atomic E-state index is 5.62. The Kier molecular flexibility index (Phi) is 1.60. The molecule has 64 valence electrons. The summed E-state index contributed by atoms with van der Waals surface area (Å²) in [6, 6.07) is 0. The highest BCUT2D eigenvalue weighted by molar-refractivity contribution is 5.44. The molecule has 1 aliphatic rings. The van der Waals surface area contributed by atoms with E-state index in [0.29, 0.717) is 17.5 Å². The maximum Gasteiger partial charge on any atom is 0.179 e. The molecular formula is C8H11N3O. The van der Waals surface area contributed by atoms with Gasteiger partial charge in [0.15, 0.2) is 11.6 Å². The normalized spacial score (nSPS) is 16.1. The third-order valence-electron chi connectivity index (χ3n) is 1.96. The van der Waals surface area contributed by atoms with Crippen LogP contribution in [0, 0.1) is 0 Å². The lowest BCUT2D eigenvalue weighted by Crippen LogP contribution is -2.00. The van der Waals surface area contributed by atoms with Gasteiger partial charge in [-0.1, -0.05) is 0 Å². The molecule has 2 rings (SSSR count). The largest absolute Gasteiger partial charge is 0.491 e. The zero-order valence-corrected chi connectivity index (χ0v) is 6.95. The first-order valence-electron chi connectivity index (χ1n) is 3.97. The molecule has 0 aromatic carbocycles. The lowest BCUT2D eigenvalue weighted by atomic mass is 10.4. The second kappa shape index (κ2) is 2.62. The quantitative estimate of drug-likeness (QED) is 0.708. The van der Waals surface area contributed by atoms with Crippen LogP contribution in [-0.2, 0) is 0 Å². The van der Waals surface area contributed by atoms with Crippen LogP contribution in [-0.4, -0.2) is 17.1 Å². The Balaban J connectivity index is 2.30. The summed E-state index contributed by atoms with van der Waals surface area (Å²) in [4.78, 5) is 8.30. The fraction of sp³-hybridized carbons (Fsp3) is 0.500. The average Bonchev–Trinajstić information content (AvgIpc) is 2.86. The molecule has 0 aliphatic heterocycles. The highest BCUT2D eigenvalue weighted by Gasteiger charge is 2.26. The Bertz CT molecular complexity index is 296. The van der Waals surface area contributed by atoms with Crippen molar-refractivity contribution in [2.45, 2.75) is 18.8 Å². The van der Waals surface area contributed by atoms with Crippen molar-refractivity contribution < 1.29 is 4.74 Å². The monoisotopic (exact) mass is 165 g/mol. The molecule has 1 aromatic rings. The first-order chi connectivity index (χ1) is 5.81. The number of hydrogen-bond donors (Lipinski definition) is 1. The number of anilines is 1. The van der Waals surface area contributed by atoms with Gasteiger partial charge in [0.2, 0.25) is 0 Å². The maximum absolute atomic E-state index is 5.62. The zero-order chi connectivity index (χ0) is 8.55. The van der Waals surface area contributed by atoms with Gasteiger partial charge < -0.3 is 10.5 Å². The number of rotatable bonds is 2. The lowest BCUT2D eigenvalue weighted by molar-refractivity contribution is 0.412. The standard InChI is InChI=1S/C8H11N3O/c1-12-6-4-10-8(5-2-3-5)11-7(6)9/h4-5H,2-3H2,1H3,(H2,9,10,11). The van der Waals surface area contributed by atoms with Crippen LogP contribution in [0.15, 0.2) is 6.20 Å². The van der Waals surface area contributed by atoms with Crippen molar-refractivity contribution in [3.8, 4) is 5.75 Å². The van der Waals surface area contributed by atoms with Crippen molar-refractivity contribution in [3.63, 3.8) is 0 Å². The number of nitrogen functional groups attached to an aromatic ring is 1. The van der Waals surface area contributed by atoms with E-state index in [1.807, 2.05) is 0 Å². The molecule has 0 saturated heterocycles. The summed E-state index contributed by atoms with van der Waals surface area (Å²) in [6.07, 6.45) is 4.01. The van der Waals surface area contributed by atoms with Crippen LogP contribution in [0.25, 0.3) is 0 Å². The molecule has 0 spiro atoms. The minimum atomic E-state index is 0.439. The van der Waals surface area contributed by atoms with Crippen LogP contribution in [0.4, 0.5) is 5.82 Å². The molecule has 1 saturated carbocycles. The van der Waals surface area contributed by atoms with Gasteiger partial charge in [0, 0.05) is 5.92 Å². The Hall–Kier alpha value is -1.32. The number of ether oxygens (including phenoxy) is 1. The van der Waals surface area contributed by atoms with Gasteiger partial charge in [0.05, 0.1) is 13.3 Å². The topological polar surface area (TPSA) is 61.0 Å². The third kappa shape index (κ3) is 1.20. The molecular weight excluding hydrogens is 154 g/mol. The van der Waals surface area contributed by atoms with Crippen molar-refractivity contribution in [3.05, 3.63) is 12.0 Å². The number of nitrogens with zero attached hydrogens (tertiary/aromatic N) is 2. The van der Waals surface area contributed by atoms with E-state index in [4.69, 9.17) is 10.5 Å². The Labute approximate surface area is 70.8 Å². The first kappa shape index (κ1) is 7.34. The summed E-state index contributed by atoms with van der Waals surface area (Å²) >= 11 is 0. The van der Waals surface area contributed by atoms with E-state index >= 15 is 0 Å². The van der Waals surface area contributed by atoms with Gasteiger partial charge in [0.1, 0.15) is 5.82 Å². The van der Waals surface area contributed by atoms with E-state index in [2.05, 4.69) is 9.97 Å². The molecule has 4 nitrogen and oxygen atoms in total. The van der Waals surface area contributed by atoms with Crippen LogP contribution >= 0.6 is 0 Å². The number of hydrogen-bond acceptors (Lipinski definition) is 4. The molecule has 0 radical (unpaired) electrons. The van der Waals surface area contributed by atoms with Gasteiger partial charge in [-0.05, 0) is 12.8 Å². The predicted octanol–water partition coefficient (Wildman–Crippen LogP) is 0.945. The SMILES string of the molecule is COc1cnc(C2CC2)nc1N. The Morgan fingerprint density at radius 1 is 1.58 bits per heavy atom. The highest BCUT2D eigenvalue weighted by Crippen LogP contribution is 2.38. The molecule has 1 fully saturated rings. The second-order valence-corrected chi connectivity index (χ2v) is 2.96. The molecule has 4 heteroatoms. The summed E-state index contributed by atoms with van der Waals surface area (Å²) in [5, 5.41) is 0. The van der Waals surface area contributed by atoms with Gasteiger partial charge in [0.25, 0.3) is 0 Å².